The number of aliphatic hydroxyl groups excluding tert-OH is 1. The highest BCUT2D eigenvalue weighted by Crippen LogP contribution is 2.04. The van der Waals surface area contributed by atoms with Gasteiger partial charge in [-0.1, -0.05) is 0 Å². The zero-order valence-electron chi connectivity index (χ0n) is 3.98. The highest BCUT2D eigenvalue weighted by atomic mass is 19.1. The molecule has 0 aliphatic carbocycles. The van der Waals surface area contributed by atoms with Crippen LogP contribution < -0.4 is 0 Å². The molecule has 0 amide bonds. The predicted octanol–water partition coefficient (Wildman–Crippen LogP) is 0.230. The molecule has 0 aromatic carbocycles. The molecule has 7 heavy (non-hydrogen) atoms. The summed E-state index contributed by atoms with van der Waals surface area (Å²) in [6, 6.07) is 1.27. The molecule has 0 rings (SSSR count). The van der Waals surface area contributed by atoms with Crippen LogP contribution >= 0.6 is 0 Å². The van der Waals surface area contributed by atoms with E-state index in [0.717, 1.165) is 6.92 Å². The van der Waals surface area contributed by atoms with Gasteiger partial charge in [-0.05, 0) is 6.92 Å². The van der Waals surface area contributed by atoms with Gasteiger partial charge in [0.2, 0.25) is 5.67 Å². The zero-order valence-corrected chi connectivity index (χ0v) is 3.98. The lowest BCUT2D eigenvalue weighted by atomic mass is 10.2. The molecular formula is C4H6FNO. The summed E-state index contributed by atoms with van der Waals surface area (Å²) in [7, 11) is 0. The fourth-order valence-corrected chi connectivity index (χ4v) is 0.0354. The minimum atomic E-state index is -2.06. The predicted molar refractivity (Wildman–Crippen MR) is 22.2 cm³/mol. The van der Waals surface area contributed by atoms with Crippen molar-refractivity contribution >= 4 is 0 Å². The first kappa shape index (κ1) is 6.38. The summed E-state index contributed by atoms with van der Waals surface area (Å²) in [5, 5.41) is 15.8. The van der Waals surface area contributed by atoms with E-state index in [2.05, 4.69) is 0 Å². The van der Waals surface area contributed by atoms with E-state index < -0.39 is 12.3 Å². The smallest absolute Gasteiger partial charge is 0.216 e. The summed E-state index contributed by atoms with van der Waals surface area (Å²) in [5.41, 5.74) is -2.06. The normalized spacial score (nSPS) is 17.4. The van der Waals surface area contributed by atoms with Gasteiger partial charge in [0.1, 0.15) is 6.07 Å². The minimum Gasteiger partial charge on any atom is -0.392 e. The van der Waals surface area contributed by atoms with Crippen LogP contribution in [-0.4, -0.2) is 17.4 Å². The molecule has 0 radical (unpaired) electrons. The van der Waals surface area contributed by atoms with Gasteiger partial charge in [-0.15, -0.1) is 0 Å². The van der Waals surface area contributed by atoms with Gasteiger partial charge < -0.3 is 5.11 Å². The fourth-order valence-electron chi connectivity index (χ4n) is 0.0354. The Bertz CT molecular complexity index is 94.4. The van der Waals surface area contributed by atoms with E-state index in [4.69, 9.17) is 10.4 Å². The Balaban J connectivity index is 3.66. The van der Waals surface area contributed by atoms with E-state index in [1.807, 2.05) is 0 Å². The molecule has 2 nitrogen and oxygen atoms in total. The van der Waals surface area contributed by atoms with E-state index in [-0.39, 0.29) is 0 Å². The summed E-state index contributed by atoms with van der Waals surface area (Å²) < 4.78 is 11.9. The number of rotatable bonds is 1. The van der Waals surface area contributed by atoms with E-state index in [0.29, 0.717) is 0 Å². The largest absolute Gasteiger partial charge is 0.392 e. The van der Waals surface area contributed by atoms with Gasteiger partial charge in [-0.25, -0.2) is 4.39 Å². The topological polar surface area (TPSA) is 44.0 Å². The quantitative estimate of drug-likeness (QED) is 0.516. The monoisotopic (exact) mass is 103 g/mol. The number of alkyl halides is 1. The Morgan fingerprint density at radius 3 is 2.43 bits per heavy atom. The first-order valence-electron chi connectivity index (χ1n) is 1.83. The molecule has 1 atom stereocenters. The summed E-state index contributed by atoms with van der Waals surface area (Å²) in [6.07, 6.45) is 0. The number of aliphatic hydroxyl groups is 1. The molecule has 0 aliphatic rings. The molecule has 40 valence electrons. The van der Waals surface area contributed by atoms with E-state index in [1.165, 1.54) is 6.07 Å². The van der Waals surface area contributed by atoms with Crippen molar-refractivity contribution in [2.45, 2.75) is 12.6 Å². The van der Waals surface area contributed by atoms with Crippen LogP contribution in [0.25, 0.3) is 0 Å². The molecule has 0 aromatic heterocycles. The Morgan fingerprint density at radius 2 is 2.43 bits per heavy atom. The summed E-state index contributed by atoms with van der Waals surface area (Å²) in [5.74, 6) is 0. The van der Waals surface area contributed by atoms with Crippen LogP contribution in [-0.2, 0) is 0 Å². The summed E-state index contributed by atoms with van der Waals surface area (Å²) in [4.78, 5) is 0. The second kappa shape index (κ2) is 1.90. The van der Waals surface area contributed by atoms with Crippen molar-refractivity contribution in [1.82, 2.24) is 0 Å². The van der Waals surface area contributed by atoms with Gasteiger partial charge in [0, 0.05) is 0 Å². The molecule has 0 saturated carbocycles. The van der Waals surface area contributed by atoms with E-state index in [9.17, 15) is 4.39 Å². The standard InChI is InChI=1S/C4H6FNO/c1-4(5,2-6)3-7/h7H,3H2,1H3. The van der Waals surface area contributed by atoms with Crippen LogP contribution in [0.2, 0.25) is 0 Å². The lowest BCUT2D eigenvalue weighted by Crippen LogP contribution is -2.19. The molecule has 0 spiro atoms. The first-order chi connectivity index (χ1) is 3.12. The van der Waals surface area contributed by atoms with Gasteiger partial charge in [-0.3, -0.25) is 0 Å². The van der Waals surface area contributed by atoms with Gasteiger partial charge in [0.15, 0.2) is 0 Å². The second-order valence-electron chi connectivity index (χ2n) is 1.47. The fraction of sp³-hybridized carbons (Fsp3) is 0.750. The molecule has 0 fully saturated rings. The average Bonchev–Trinajstić information content (AvgIpc) is 1.68. The van der Waals surface area contributed by atoms with Crippen molar-refractivity contribution in [3.05, 3.63) is 0 Å². The lowest BCUT2D eigenvalue weighted by Gasteiger charge is -2.02. The minimum absolute atomic E-state index is 0.733. The Hall–Kier alpha value is -0.620. The van der Waals surface area contributed by atoms with Crippen molar-refractivity contribution in [2.75, 3.05) is 6.61 Å². The van der Waals surface area contributed by atoms with Crippen LogP contribution in [0.5, 0.6) is 0 Å². The molecule has 0 heterocycles. The van der Waals surface area contributed by atoms with Gasteiger partial charge in [-0.2, -0.15) is 5.26 Å². The van der Waals surface area contributed by atoms with Crippen molar-refractivity contribution in [3.8, 4) is 6.07 Å². The molecule has 1 unspecified atom stereocenters. The zero-order chi connectivity index (χ0) is 5.91. The third kappa shape index (κ3) is 2.12. The molecule has 0 aliphatic heterocycles. The summed E-state index contributed by atoms with van der Waals surface area (Å²) >= 11 is 0. The maximum absolute atomic E-state index is 11.9. The van der Waals surface area contributed by atoms with Crippen LogP contribution in [0.4, 0.5) is 4.39 Å². The molecule has 0 aromatic rings. The SMILES string of the molecule is CC(F)(C#N)CO. The van der Waals surface area contributed by atoms with Gasteiger partial charge >= 0.3 is 0 Å². The van der Waals surface area contributed by atoms with Crippen molar-refractivity contribution < 1.29 is 9.50 Å². The van der Waals surface area contributed by atoms with Gasteiger partial charge in [0.25, 0.3) is 0 Å². The van der Waals surface area contributed by atoms with Crippen LogP contribution in [0.3, 0.4) is 0 Å². The second-order valence-corrected chi connectivity index (χ2v) is 1.47. The Kier molecular flexibility index (Phi) is 1.73. The number of hydrogen-bond acceptors (Lipinski definition) is 2. The Labute approximate surface area is 41.2 Å². The molecule has 1 N–H and O–H groups in total. The molecular weight excluding hydrogens is 97.0 g/mol. The van der Waals surface area contributed by atoms with Crippen LogP contribution in [0, 0.1) is 11.3 Å². The van der Waals surface area contributed by atoms with Crippen molar-refractivity contribution in [2.24, 2.45) is 0 Å². The molecule has 0 bridgehead atoms. The maximum atomic E-state index is 11.9. The number of nitriles is 1. The number of hydrogen-bond donors (Lipinski definition) is 1. The van der Waals surface area contributed by atoms with Crippen LogP contribution in [0.1, 0.15) is 6.92 Å². The molecule has 0 saturated heterocycles. The Morgan fingerprint density at radius 1 is 2.00 bits per heavy atom. The van der Waals surface area contributed by atoms with Gasteiger partial charge in [0.05, 0.1) is 6.61 Å². The highest BCUT2D eigenvalue weighted by molar-refractivity contribution is 4.95. The van der Waals surface area contributed by atoms with E-state index in [1.54, 1.807) is 0 Å². The number of nitrogens with zero attached hydrogens (tertiary/aromatic N) is 1. The van der Waals surface area contributed by atoms with E-state index >= 15 is 0 Å². The third-order valence-corrected chi connectivity index (χ3v) is 0.530. The highest BCUT2D eigenvalue weighted by Gasteiger charge is 2.19. The number of halogens is 1. The summed E-state index contributed by atoms with van der Waals surface area (Å²) in [6.45, 7) is 0.288. The van der Waals surface area contributed by atoms with Crippen molar-refractivity contribution in [3.63, 3.8) is 0 Å². The maximum Gasteiger partial charge on any atom is 0.216 e. The first-order valence-corrected chi connectivity index (χ1v) is 1.83. The average molecular weight is 103 g/mol. The lowest BCUT2D eigenvalue weighted by molar-refractivity contribution is 0.137. The van der Waals surface area contributed by atoms with Crippen molar-refractivity contribution in [1.29, 1.82) is 5.26 Å². The van der Waals surface area contributed by atoms with Crippen LogP contribution in [0.15, 0.2) is 0 Å². The third-order valence-electron chi connectivity index (χ3n) is 0.530. The molecule has 3 heteroatoms.